The number of hydrogen-bond donors (Lipinski definition) is 1. The number of pyridine rings is 1. The van der Waals surface area contributed by atoms with Gasteiger partial charge in [0.25, 0.3) is 0 Å². The number of rotatable bonds is 6. The van der Waals surface area contributed by atoms with Crippen LogP contribution in [0, 0.1) is 0 Å². The molecule has 0 spiro atoms. The third kappa shape index (κ3) is 5.04. The molecule has 2 amide bonds. The standard InChI is InChI=1S/C20H26N4O4S/c1-3-28-18-4-6-19(7-5-18)29(26,27)24-14-12-23(13-15-24)20(25)22-16(2)17-8-10-21-11-9-17/h4-11,16H,3,12-15H2,1-2H3,(H,22,25). The Hall–Kier alpha value is -2.65. The van der Waals surface area contributed by atoms with Crippen LogP contribution in [0.25, 0.3) is 0 Å². The van der Waals surface area contributed by atoms with E-state index in [-0.39, 0.29) is 30.1 Å². The summed E-state index contributed by atoms with van der Waals surface area (Å²) in [6, 6.07) is 9.76. The molecule has 2 heterocycles. The van der Waals surface area contributed by atoms with E-state index in [1.807, 2.05) is 26.0 Å². The van der Waals surface area contributed by atoms with E-state index in [2.05, 4.69) is 10.3 Å². The third-order valence-corrected chi connectivity index (χ3v) is 6.76. The summed E-state index contributed by atoms with van der Waals surface area (Å²) in [5.74, 6) is 0.635. The van der Waals surface area contributed by atoms with Gasteiger partial charge in [-0.15, -0.1) is 0 Å². The molecule has 1 unspecified atom stereocenters. The first-order chi connectivity index (χ1) is 13.9. The van der Waals surface area contributed by atoms with Gasteiger partial charge >= 0.3 is 6.03 Å². The quantitative estimate of drug-likeness (QED) is 0.777. The van der Waals surface area contributed by atoms with E-state index in [0.717, 1.165) is 5.56 Å². The molecule has 3 rings (SSSR count). The van der Waals surface area contributed by atoms with E-state index in [4.69, 9.17) is 4.74 Å². The molecule has 1 aromatic carbocycles. The Bertz CT molecular complexity index is 911. The van der Waals surface area contributed by atoms with E-state index >= 15 is 0 Å². The number of aromatic nitrogens is 1. The molecule has 0 saturated carbocycles. The molecule has 1 aromatic heterocycles. The number of ether oxygens (including phenoxy) is 1. The van der Waals surface area contributed by atoms with Crippen molar-refractivity contribution in [2.75, 3.05) is 32.8 Å². The average Bonchev–Trinajstić information content (AvgIpc) is 2.75. The molecular weight excluding hydrogens is 392 g/mol. The minimum absolute atomic E-state index is 0.156. The van der Waals surface area contributed by atoms with Crippen LogP contribution in [-0.4, -0.2) is 61.4 Å². The first kappa shape index (κ1) is 21.1. The van der Waals surface area contributed by atoms with Crippen LogP contribution in [0.1, 0.15) is 25.5 Å². The summed E-state index contributed by atoms with van der Waals surface area (Å²) in [5, 5.41) is 2.95. The number of piperazine rings is 1. The second kappa shape index (κ2) is 9.23. The molecule has 1 aliphatic heterocycles. The van der Waals surface area contributed by atoms with Gasteiger partial charge in [-0.3, -0.25) is 4.98 Å². The van der Waals surface area contributed by atoms with Crippen molar-refractivity contribution in [3.8, 4) is 5.75 Å². The van der Waals surface area contributed by atoms with E-state index in [9.17, 15) is 13.2 Å². The third-order valence-electron chi connectivity index (χ3n) is 4.84. The summed E-state index contributed by atoms with van der Waals surface area (Å²) in [7, 11) is -3.60. The molecule has 0 aliphatic carbocycles. The molecule has 29 heavy (non-hydrogen) atoms. The molecule has 1 N–H and O–H groups in total. The van der Waals surface area contributed by atoms with Crippen LogP contribution in [0.15, 0.2) is 53.7 Å². The fourth-order valence-corrected chi connectivity index (χ4v) is 4.59. The summed E-state index contributed by atoms with van der Waals surface area (Å²) >= 11 is 0. The lowest BCUT2D eigenvalue weighted by atomic mass is 10.1. The molecular formula is C20H26N4O4S. The molecule has 1 fully saturated rings. The molecule has 1 saturated heterocycles. The van der Waals surface area contributed by atoms with Crippen LogP contribution in [0.3, 0.4) is 0 Å². The van der Waals surface area contributed by atoms with Gasteiger partial charge in [-0.25, -0.2) is 13.2 Å². The summed E-state index contributed by atoms with van der Waals surface area (Å²) in [6.07, 6.45) is 3.37. The highest BCUT2D eigenvalue weighted by Crippen LogP contribution is 2.21. The predicted molar refractivity (Wildman–Crippen MR) is 109 cm³/mol. The zero-order valence-corrected chi connectivity index (χ0v) is 17.4. The van der Waals surface area contributed by atoms with Crippen molar-refractivity contribution in [3.63, 3.8) is 0 Å². The maximum Gasteiger partial charge on any atom is 0.317 e. The smallest absolute Gasteiger partial charge is 0.317 e. The van der Waals surface area contributed by atoms with Gasteiger partial charge in [0.2, 0.25) is 10.0 Å². The Morgan fingerprint density at radius 2 is 1.72 bits per heavy atom. The second-order valence-corrected chi connectivity index (χ2v) is 8.69. The van der Waals surface area contributed by atoms with Crippen molar-refractivity contribution in [1.82, 2.24) is 19.5 Å². The Morgan fingerprint density at radius 1 is 1.10 bits per heavy atom. The Kier molecular flexibility index (Phi) is 6.71. The fraction of sp³-hybridized carbons (Fsp3) is 0.400. The molecule has 0 radical (unpaired) electrons. The van der Waals surface area contributed by atoms with Crippen LogP contribution in [0.2, 0.25) is 0 Å². The van der Waals surface area contributed by atoms with Crippen LogP contribution in [0.4, 0.5) is 4.79 Å². The van der Waals surface area contributed by atoms with Gasteiger partial charge in [0.15, 0.2) is 0 Å². The second-order valence-electron chi connectivity index (χ2n) is 6.75. The van der Waals surface area contributed by atoms with E-state index in [1.165, 1.54) is 4.31 Å². The van der Waals surface area contributed by atoms with Gasteiger partial charge in [0.05, 0.1) is 17.5 Å². The molecule has 1 aliphatic rings. The lowest BCUT2D eigenvalue weighted by Gasteiger charge is -2.34. The Balaban J connectivity index is 1.57. The number of nitrogens with one attached hydrogen (secondary N) is 1. The Labute approximate surface area is 171 Å². The van der Waals surface area contributed by atoms with Crippen LogP contribution >= 0.6 is 0 Å². The summed E-state index contributed by atoms with van der Waals surface area (Å²) in [4.78, 5) is 18.4. The molecule has 156 valence electrons. The first-order valence-corrected chi connectivity index (χ1v) is 11.0. The van der Waals surface area contributed by atoms with E-state index in [0.29, 0.717) is 25.4 Å². The number of benzene rings is 1. The van der Waals surface area contributed by atoms with Crippen molar-refractivity contribution in [2.24, 2.45) is 0 Å². The average molecular weight is 419 g/mol. The van der Waals surface area contributed by atoms with E-state index in [1.54, 1.807) is 41.6 Å². The minimum Gasteiger partial charge on any atom is -0.494 e. The van der Waals surface area contributed by atoms with Gasteiger partial charge in [-0.1, -0.05) is 0 Å². The highest BCUT2D eigenvalue weighted by Gasteiger charge is 2.30. The predicted octanol–water partition coefficient (Wildman–Crippen LogP) is 2.26. The number of amides is 2. The number of sulfonamides is 1. The van der Waals surface area contributed by atoms with Gasteiger partial charge < -0.3 is 15.0 Å². The first-order valence-electron chi connectivity index (χ1n) is 9.60. The minimum atomic E-state index is -3.60. The van der Waals surface area contributed by atoms with Crippen LogP contribution in [-0.2, 0) is 10.0 Å². The monoisotopic (exact) mass is 418 g/mol. The highest BCUT2D eigenvalue weighted by atomic mass is 32.2. The molecule has 8 nitrogen and oxygen atoms in total. The lowest BCUT2D eigenvalue weighted by Crippen LogP contribution is -2.53. The lowest BCUT2D eigenvalue weighted by molar-refractivity contribution is 0.169. The van der Waals surface area contributed by atoms with Crippen LogP contribution in [0.5, 0.6) is 5.75 Å². The van der Waals surface area contributed by atoms with Gasteiger partial charge in [0.1, 0.15) is 5.75 Å². The van der Waals surface area contributed by atoms with Crippen molar-refractivity contribution in [2.45, 2.75) is 24.8 Å². The topological polar surface area (TPSA) is 91.8 Å². The maximum absolute atomic E-state index is 12.9. The van der Waals surface area contributed by atoms with Crippen molar-refractivity contribution in [3.05, 3.63) is 54.4 Å². The summed E-state index contributed by atoms with van der Waals surface area (Å²) in [6.45, 7) is 5.49. The zero-order valence-electron chi connectivity index (χ0n) is 16.6. The van der Waals surface area contributed by atoms with Crippen molar-refractivity contribution in [1.29, 1.82) is 0 Å². The molecule has 2 aromatic rings. The summed E-state index contributed by atoms with van der Waals surface area (Å²) in [5.41, 5.74) is 0.963. The number of carbonyl (C=O) groups excluding carboxylic acids is 1. The van der Waals surface area contributed by atoms with Crippen molar-refractivity contribution >= 4 is 16.1 Å². The number of urea groups is 1. The summed E-state index contributed by atoms with van der Waals surface area (Å²) < 4.78 is 32.5. The number of nitrogens with zero attached hydrogens (tertiary/aromatic N) is 3. The molecule has 0 bridgehead atoms. The fourth-order valence-electron chi connectivity index (χ4n) is 3.17. The van der Waals surface area contributed by atoms with Crippen molar-refractivity contribution < 1.29 is 17.9 Å². The van der Waals surface area contributed by atoms with Gasteiger partial charge in [0, 0.05) is 38.6 Å². The number of carbonyl (C=O) groups is 1. The van der Waals surface area contributed by atoms with Crippen LogP contribution < -0.4 is 10.1 Å². The van der Waals surface area contributed by atoms with Gasteiger partial charge in [-0.05, 0) is 55.8 Å². The number of hydrogen-bond acceptors (Lipinski definition) is 5. The zero-order chi connectivity index (χ0) is 20.9. The maximum atomic E-state index is 12.9. The highest BCUT2D eigenvalue weighted by molar-refractivity contribution is 7.89. The molecule has 9 heteroatoms. The SMILES string of the molecule is CCOc1ccc(S(=O)(=O)N2CCN(C(=O)NC(C)c3ccncc3)CC2)cc1. The normalized spacial score (nSPS) is 16.3. The Morgan fingerprint density at radius 3 is 2.31 bits per heavy atom. The van der Waals surface area contributed by atoms with E-state index < -0.39 is 10.0 Å². The largest absolute Gasteiger partial charge is 0.494 e. The van der Waals surface area contributed by atoms with Gasteiger partial charge in [-0.2, -0.15) is 4.31 Å². The molecule has 1 atom stereocenters.